The zero-order chi connectivity index (χ0) is 21.4. The number of carbonyl (C=O) groups excluding carboxylic acids is 1. The van der Waals surface area contributed by atoms with Crippen LogP contribution in [0.15, 0.2) is 52.4 Å². The monoisotopic (exact) mass is 438 g/mol. The Morgan fingerprint density at radius 2 is 1.87 bits per heavy atom. The molecule has 0 radical (unpaired) electrons. The lowest BCUT2D eigenvalue weighted by Crippen LogP contribution is -2.10. The van der Waals surface area contributed by atoms with Gasteiger partial charge in [-0.3, -0.25) is 9.59 Å². The van der Waals surface area contributed by atoms with Crippen LogP contribution in [0.1, 0.15) is 26.4 Å². The number of rotatable bonds is 5. The Bertz CT molecular complexity index is 1320. The first-order chi connectivity index (χ1) is 14.3. The van der Waals surface area contributed by atoms with Crippen LogP contribution in [0.3, 0.4) is 0 Å². The predicted octanol–water partition coefficient (Wildman–Crippen LogP) is 5.69. The van der Waals surface area contributed by atoms with Gasteiger partial charge in [0.15, 0.2) is 10.9 Å². The van der Waals surface area contributed by atoms with E-state index in [4.69, 9.17) is 0 Å². The summed E-state index contributed by atoms with van der Waals surface area (Å²) < 4.78 is 13.4. The van der Waals surface area contributed by atoms with Crippen molar-refractivity contribution < 1.29 is 9.18 Å². The van der Waals surface area contributed by atoms with Gasteiger partial charge in [0.25, 0.3) is 5.56 Å². The van der Waals surface area contributed by atoms with Crippen LogP contribution < -0.4 is 5.56 Å². The summed E-state index contributed by atoms with van der Waals surface area (Å²) in [5, 5.41) is 0.975. The topological polar surface area (TPSA) is 62.8 Å². The summed E-state index contributed by atoms with van der Waals surface area (Å²) >= 11 is 2.64. The molecule has 0 bridgehead atoms. The standard InChI is InChI=1S/C23H19FN2O2S2/c1-12-4-6-15(7-5-12)19-14(3)30-22-20(19)21(28)25-23(26-22)29-11-18(27)16-8-9-17(24)13(2)10-16/h4-10H,11H2,1-3H3,(H,25,26,28). The number of thiophene rings is 1. The number of aromatic amines is 1. The van der Waals surface area contributed by atoms with Crippen molar-refractivity contribution in [3.8, 4) is 11.1 Å². The molecule has 0 aliphatic rings. The maximum Gasteiger partial charge on any atom is 0.260 e. The highest BCUT2D eigenvalue weighted by molar-refractivity contribution is 7.99. The lowest BCUT2D eigenvalue weighted by molar-refractivity contribution is 0.102. The molecular formula is C23H19FN2O2S2. The van der Waals surface area contributed by atoms with Gasteiger partial charge in [-0.2, -0.15) is 0 Å². The van der Waals surface area contributed by atoms with Crippen LogP contribution >= 0.6 is 23.1 Å². The first kappa shape index (κ1) is 20.5. The van der Waals surface area contributed by atoms with Crippen LogP contribution in [0.2, 0.25) is 0 Å². The van der Waals surface area contributed by atoms with E-state index in [1.165, 1.54) is 41.3 Å². The summed E-state index contributed by atoms with van der Waals surface area (Å²) in [5.74, 6) is -0.379. The maximum atomic E-state index is 13.4. The van der Waals surface area contributed by atoms with Gasteiger partial charge in [0.2, 0.25) is 0 Å². The smallest absolute Gasteiger partial charge is 0.260 e. The number of thioether (sulfide) groups is 1. The normalized spacial score (nSPS) is 11.2. The Morgan fingerprint density at radius 1 is 1.13 bits per heavy atom. The second-order valence-corrected chi connectivity index (χ2v) is 9.29. The van der Waals surface area contributed by atoms with Crippen LogP contribution in [0.5, 0.6) is 0 Å². The largest absolute Gasteiger partial charge is 0.301 e. The molecule has 0 saturated heterocycles. The Kier molecular flexibility index (Phi) is 5.58. The minimum atomic E-state index is -0.340. The molecule has 1 N–H and O–H groups in total. The van der Waals surface area contributed by atoms with Crippen LogP contribution in [-0.2, 0) is 0 Å². The van der Waals surface area contributed by atoms with Crippen molar-refractivity contribution in [1.82, 2.24) is 9.97 Å². The molecule has 4 aromatic rings. The van der Waals surface area contributed by atoms with Crippen molar-refractivity contribution in [2.75, 3.05) is 5.75 Å². The molecule has 4 nitrogen and oxygen atoms in total. The number of Topliss-reactive ketones (excluding diaryl/α,β-unsaturated/α-hetero) is 1. The molecule has 0 spiro atoms. The number of nitrogens with one attached hydrogen (secondary N) is 1. The first-order valence-corrected chi connectivity index (χ1v) is 11.2. The van der Waals surface area contributed by atoms with Gasteiger partial charge in [0.1, 0.15) is 10.6 Å². The average molecular weight is 439 g/mol. The number of benzene rings is 2. The third-order valence-corrected chi connectivity index (χ3v) is 6.75. The molecule has 0 unspecified atom stereocenters. The summed E-state index contributed by atoms with van der Waals surface area (Å²) in [7, 11) is 0. The Labute approximate surface area is 181 Å². The number of carbonyl (C=O) groups is 1. The van der Waals surface area contributed by atoms with Gasteiger partial charge in [-0.05, 0) is 50.1 Å². The van der Waals surface area contributed by atoms with Gasteiger partial charge in [0.05, 0.1) is 11.1 Å². The molecule has 2 aromatic heterocycles. The van der Waals surface area contributed by atoms with E-state index in [0.29, 0.717) is 26.5 Å². The van der Waals surface area contributed by atoms with Crippen molar-refractivity contribution in [2.45, 2.75) is 25.9 Å². The minimum absolute atomic E-state index is 0.106. The van der Waals surface area contributed by atoms with Crippen molar-refractivity contribution in [2.24, 2.45) is 0 Å². The summed E-state index contributed by atoms with van der Waals surface area (Å²) in [6, 6.07) is 12.4. The summed E-state index contributed by atoms with van der Waals surface area (Å²) in [4.78, 5) is 34.3. The molecule has 0 fully saturated rings. The number of fused-ring (bicyclic) bond motifs is 1. The van der Waals surface area contributed by atoms with E-state index in [0.717, 1.165) is 21.6 Å². The number of hydrogen-bond donors (Lipinski definition) is 1. The fourth-order valence-electron chi connectivity index (χ4n) is 3.27. The molecule has 0 amide bonds. The number of halogens is 1. The number of nitrogens with zero attached hydrogens (tertiary/aromatic N) is 1. The summed E-state index contributed by atoms with van der Waals surface area (Å²) in [5.41, 5.74) is 3.70. The predicted molar refractivity (Wildman–Crippen MR) is 121 cm³/mol. The molecule has 30 heavy (non-hydrogen) atoms. The molecule has 7 heteroatoms. The van der Waals surface area contributed by atoms with E-state index in [1.54, 1.807) is 6.92 Å². The fraction of sp³-hybridized carbons (Fsp3) is 0.174. The van der Waals surface area contributed by atoms with E-state index in [1.807, 2.05) is 38.1 Å². The summed E-state index contributed by atoms with van der Waals surface area (Å²) in [6.45, 7) is 5.62. The average Bonchev–Trinajstić information content (AvgIpc) is 3.05. The van der Waals surface area contributed by atoms with Gasteiger partial charge in [-0.1, -0.05) is 41.6 Å². The highest BCUT2D eigenvalue weighted by atomic mass is 32.2. The molecular weight excluding hydrogens is 419 g/mol. The second kappa shape index (κ2) is 8.16. The van der Waals surface area contributed by atoms with E-state index >= 15 is 0 Å². The first-order valence-electron chi connectivity index (χ1n) is 9.36. The molecule has 4 rings (SSSR count). The van der Waals surface area contributed by atoms with Gasteiger partial charge in [0, 0.05) is 16.0 Å². The number of hydrogen-bond acceptors (Lipinski definition) is 5. The summed E-state index contributed by atoms with van der Waals surface area (Å²) in [6.07, 6.45) is 0. The maximum absolute atomic E-state index is 13.4. The lowest BCUT2D eigenvalue weighted by atomic mass is 10.0. The Balaban J connectivity index is 1.62. The highest BCUT2D eigenvalue weighted by Crippen LogP contribution is 2.36. The lowest BCUT2D eigenvalue weighted by Gasteiger charge is -2.04. The fourth-order valence-corrected chi connectivity index (χ4v) is 5.13. The molecule has 0 atom stereocenters. The molecule has 0 aliphatic carbocycles. The number of ketones is 1. The van der Waals surface area contributed by atoms with Crippen molar-refractivity contribution in [1.29, 1.82) is 0 Å². The van der Waals surface area contributed by atoms with E-state index in [2.05, 4.69) is 9.97 Å². The van der Waals surface area contributed by atoms with Crippen molar-refractivity contribution >= 4 is 39.1 Å². The number of H-pyrrole nitrogens is 1. The SMILES string of the molecule is Cc1ccc(-c2c(C)sc3nc(SCC(=O)c4ccc(F)c(C)c4)[nH]c(=O)c23)cc1. The Morgan fingerprint density at radius 3 is 2.57 bits per heavy atom. The van der Waals surface area contributed by atoms with Gasteiger partial charge < -0.3 is 4.98 Å². The second-order valence-electron chi connectivity index (χ2n) is 7.13. The van der Waals surface area contributed by atoms with Gasteiger partial charge in [-0.25, -0.2) is 9.37 Å². The molecule has 0 aliphatic heterocycles. The molecule has 2 aromatic carbocycles. The van der Waals surface area contributed by atoms with Crippen LogP contribution in [0.4, 0.5) is 4.39 Å². The number of aryl methyl sites for hydroxylation is 3. The van der Waals surface area contributed by atoms with E-state index < -0.39 is 0 Å². The zero-order valence-corrected chi connectivity index (χ0v) is 18.3. The number of aromatic nitrogens is 2. The quantitative estimate of drug-likeness (QED) is 0.247. The van der Waals surface area contributed by atoms with Gasteiger partial charge in [-0.15, -0.1) is 11.3 Å². The van der Waals surface area contributed by atoms with E-state index in [9.17, 15) is 14.0 Å². The van der Waals surface area contributed by atoms with Crippen LogP contribution in [-0.4, -0.2) is 21.5 Å². The van der Waals surface area contributed by atoms with Crippen molar-refractivity contribution in [3.05, 3.63) is 80.2 Å². The molecule has 152 valence electrons. The molecule has 2 heterocycles. The Hall–Kier alpha value is -2.77. The zero-order valence-electron chi connectivity index (χ0n) is 16.7. The van der Waals surface area contributed by atoms with Crippen molar-refractivity contribution in [3.63, 3.8) is 0 Å². The van der Waals surface area contributed by atoms with Crippen LogP contribution in [0, 0.1) is 26.6 Å². The highest BCUT2D eigenvalue weighted by Gasteiger charge is 2.17. The minimum Gasteiger partial charge on any atom is -0.301 e. The third-order valence-electron chi connectivity index (χ3n) is 4.88. The third kappa shape index (κ3) is 3.95. The van der Waals surface area contributed by atoms with Gasteiger partial charge >= 0.3 is 0 Å². The molecule has 0 saturated carbocycles. The van der Waals surface area contributed by atoms with E-state index in [-0.39, 0.29) is 22.9 Å². The van der Waals surface area contributed by atoms with Crippen LogP contribution in [0.25, 0.3) is 21.3 Å².